The first-order valence-corrected chi connectivity index (χ1v) is 18.9. The Morgan fingerprint density at radius 1 is 0.327 bits per heavy atom. The second kappa shape index (κ2) is 12.7. The summed E-state index contributed by atoms with van der Waals surface area (Å²) in [5, 5.41) is 7.56. The van der Waals surface area contributed by atoms with Crippen molar-refractivity contribution in [1.29, 1.82) is 0 Å². The molecule has 1 heterocycles. The molecule has 0 N–H and O–H groups in total. The van der Waals surface area contributed by atoms with Crippen LogP contribution in [0, 0.1) is 0 Å². The third kappa shape index (κ3) is 5.00. The Morgan fingerprint density at radius 3 is 1.58 bits per heavy atom. The van der Waals surface area contributed by atoms with E-state index in [1.165, 1.54) is 88.0 Å². The Kier molecular flexibility index (Phi) is 7.21. The van der Waals surface area contributed by atoms with Crippen molar-refractivity contribution < 1.29 is 0 Å². The Bertz CT molecular complexity index is 2970. The van der Waals surface area contributed by atoms with Crippen molar-refractivity contribution >= 4 is 49.4 Å². The number of aromatic nitrogens is 1. The summed E-state index contributed by atoms with van der Waals surface area (Å²) in [5.41, 5.74) is 15.9. The highest BCUT2D eigenvalue weighted by Gasteiger charge is 2.31. The van der Waals surface area contributed by atoms with Crippen LogP contribution in [0.1, 0.15) is 0 Å². The molecule has 0 amide bonds. The van der Waals surface area contributed by atoms with Crippen LogP contribution in [0.15, 0.2) is 207 Å². The highest BCUT2D eigenvalue weighted by molar-refractivity contribution is 6.28. The smallest absolute Gasteiger partial charge is 0.0644 e. The first-order chi connectivity index (χ1) is 27.3. The molecule has 1 aliphatic carbocycles. The molecular formula is C53H34N2. The summed E-state index contributed by atoms with van der Waals surface area (Å²) >= 11 is 0. The summed E-state index contributed by atoms with van der Waals surface area (Å²) in [4.78, 5) is 6.77. The van der Waals surface area contributed by atoms with Gasteiger partial charge in [0, 0.05) is 17.6 Å². The monoisotopic (exact) mass is 698 g/mol. The van der Waals surface area contributed by atoms with E-state index < -0.39 is 0 Å². The van der Waals surface area contributed by atoms with Crippen molar-refractivity contribution in [3.05, 3.63) is 207 Å². The highest BCUT2D eigenvalue weighted by Crippen LogP contribution is 2.58. The molecule has 10 aromatic rings. The van der Waals surface area contributed by atoms with Gasteiger partial charge in [0.25, 0.3) is 0 Å². The van der Waals surface area contributed by atoms with Gasteiger partial charge in [-0.1, -0.05) is 158 Å². The van der Waals surface area contributed by atoms with Gasteiger partial charge < -0.3 is 4.90 Å². The molecule has 2 heteroatoms. The van der Waals surface area contributed by atoms with Crippen LogP contribution >= 0.6 is 0 Å². The van der Waals surface area contributed by atoms with Crippen LogP contribution in [0.2, 0.25) is 0 Å². The molecule has 256 valence electrons. The summed E-state index contributed by atoms with van der Waals surface area (Å²) in [5.74, 6) is 0. The molecule has 0 atom stereocenters. The zero-order valence-corrected chi connectivity index (χ0v) is 30.0. The lowest BCUT2D eigenvalue weighted by atomic mass is 9.82. The fraction of sp³-hybridized carbons (Fsp3) is 0. The molecular weight excluding hydrogens is 665 g/mol. The van der Waals surface area contributed by atoms with Gasteiger partial charge in [-0.25, -0.2) is 0 Å². The van der Waals surface area contributed by atoms with Gasteiger partial charge in [0.1, 0.15) is 0 Å². The molecule has 9 aromatic carbocycles. The minimum Gasteiger partial charge on any atom is -0.309 e. The maximum absolute atomic E-state index is 4.48. The summed E-state index contributed by atoms with van der Waals surface area (Å²) in [7, 11) is 0. The molecule has 0 unspecified atom stereocenters. The normalized spacial score (nSPS) is 11.6. The predicted octanol–water partition coefficient (Wildman–Crippen LogP) is 14.7. The van der Waals surface area contributed by atoms with Crippen LogP contribution in [-0.4, -0.2) is 4.98 Å². The van der Waals surface area contributed by atoms with E-state index in [1.54, 1.807) is 0 Å². The van der Waals surface area contributed by atoms with E-state index in [-0.39, 0.29) is 0 Å². The Hall–Kier alpha value is -7.29. The quantitative estimate of drug-likeness (QED) is 0.172. The SMILES string of the molecule is c1ccc(-c2c3c(c(-c4ccccc4)c4ccccc24)-c2ccc(-c4ccc(N(c5cccnc5)c5ccc6ccccc6c5)cc4)c4cccc-3c24)cc1. The second-order valence-corrected chi connectivity index (χ2v) is 14.3. The summed E-state index contributed by atoms with van der Waals surface area (Å²) in [6, 6.07) is 70.7. The van der Waals surface area contributed by atoms with Gasteiger partial charge >= 0.3 is 0 Å². The Labute approximate surface area is 320 Å². The van der Waals surface area contributed by atoms with Crippen molar-refractivity contribution in [2.24, 2.45) is 0 Å². The van der Waals surface area contributed by atoms with Crippen LogP contribution < -0.4 is 4.90 Å². The van der Waals surface area contributed by atoms with E-state index >= 15 is 0 Å². The van der Waals surface area contributed by atoms with E-state index in [2.05, 4.69) is 198 Å². The van der Waals surface area contributed by atoms with Crippen LogP contribution in [0.5, 0.6) is 0 Å². The number of hydrogen-bond acceptors (Lipinski definition) is 2. The zero-order valence-electron chi connectivity index (χ0n) is 30.0. The van der Waals surface area contributed by atoms with Crippen molar-refractivity contribution in [2.75, 3.05) is 4.90 Å². The molecule has 2 nitrogen and oxygen atoms in total. The van der Waals surface area contributed by atoms with Crippen LogP contribution in [0.25, 0.3) is 88.0 Å². The predicted molar refractivity (Wildman–Crippen MR) is 232 cm³/mol. The maximum Gasteiger partial charge on any atom is 0.0644 e. The molecule has 0 fully saturated rings. The van der Waals surface area contributed by atoms with Gasteiger partial charge in [-0.15, -0.1) is 0 Å². The number of fused-ring (bicyclic) bond motifs is 5. The molecule has 0 spiro atoms. The van der Waals surface area contributed by atoms with E-state index in [4.69, 9.17) is 0 Å². The lowest BCUT2D eigenvalue weighted by Crippen LogP contribution is -2.10. The molecule has 1 aliphatic rings. The lowest BCUT2D eigenvalue weighted by Gasteiger charge is -2.25. The van der Waals surface area contributed by atoms with Gasteiger partial charge in [-0.05, 0) is 124 Å². The fourth-order valence-electron chi connectivity index (χ4n) is 8.90. The highest BCUT2D eigenvalue weighted by atomic mass is 15.1. The Balaban J connectivity index is 1.10. The minimum absolute atomic E-state index is 1.02. The van der Waals surface area contributed by atoms with Gasteiger partial charge in [0.2, 0.25) is 0 Å². The number of hydrogen-bond donors (Lipinski definition) is 0. The van der Waals surface area contributed by atoms with Crippen molar-refractivity contribution in [2.45, 2.75) is 0 Å². The zero-order chi connectivity index (χ0) is 36.3. The van der Waals surface area contributed by atoms with Gasteiger partial charge in [0.05, 0.1) is 11.9 Å². The van der Waals surface area contributed by atoms with Gasteiger partial charge in [0.15, 0.2) is 0 Å². The molecule has 0 radical (unpaired) electrons. The average molecular weight is 699 g/mol. The maximum atomic E-state index is 4.48. The van der Waals surface area contributed by atoms with Gasteiger partial charge in [-0.3, -0.25) is 4.98 Å². The van der Waals surface area contributed by atoms with Crippen molar-refractivity contribution in [3.8, 4) is 55.6 Å². The van der Waals surface area contributed by atoms with Crippen LogP contribution in [0.4, 0.5) is 17.1 Å². The fourth-order valence-corrected chi connectivity index (χ4v) is 8.90. The molecule has 55 heavy (non-hydrogen) atoms. The first kappa shape index (κ1) is 31.3. The minimum atomic E-state index is 1.02. The number of pyridine rings is 1. The molecule has 0 aliphatic heterocycles. The third-order valence-corrected chi connectivity index (χ3v) is 11.3. The molecule has 1 aromatic heterocycles. The van der Waals surface area contributed by atoms with Crippen molar-refractivity contribution in [3.63, 3.8) is 0 Å². The third-order valence-electron chi connectivity index (χ3n) is 11.3. The number of benzene rings is 9. The molecule has 0 saturated carbocycles. The summed E-state index contributed by atoms with van der Waals surface area (Å²) < 4.78 is 0. The number of nitrogens with zero attached hydrogens (tertiary/aromatic N) is 2. The average Bonchev–Trinajstić information content (AvgIpc) is 3.59. The number of rotatable bonds is 6. The standard InChI is InChI=1S/C53H34N2/c1-3-14-37(15-4-1)49-45-20-9-10-21-46(45)50(38-16-5-2-6-17-38)53-48-31-30-43(44-22-11-23-47(51(44)48)52(49)53)36-25-27-40(28-26-36)55(42-19-12-32-54-34-42)41-29-24-35-13-7-8-18-39(35)33-41/h1-34H. The van der Waals surface area contributed by atoms with Gasteiger partial charge in [-0.2, -0.15) is 0 Å². The van der Waals surface area contributed by atoms with Crippen molar-refractivity contribution in [1.82, 2.24) is 4.98 Å². The number of anilines is 3. The van der Waals surface area contributed by atoms with Crippen LogP contribution in [0.3, 0.4) is 0 Å². The molecule has 11 rings (SSSR count). The topological polar surface area (TPSA) is 16.1 Å². The Morgan fingerprint density at radius 2 is 0.909 bits per heavy atom. The van der Waals surface area contributed by atoms with E-state index in [1.807, 2.05) is 18.5 Å². The van der Waals surface area contributed by atoms with E-state index in [9.17, 15) is 0 Å². The summed E-state index contributed by atoms with van der Waals surface area (Å²) in [6.45, 7) is 0. The largest absolute Gasteiger partial charge is 0.309 e. The molecule has 0 saturated heterocycles. The lowest BCUT2D eigenvalue weighted by molar-refractivity contribution is 1.23. The first-order valence-electron chi connectivity index (χ1n) is 18.9. The van der Waals surface area contributed by atoms with E-state index in [0.29, 0.717) is 0 Å². The van der Waals surface area contributed by atoms with Crippen LogP contribution in [-0.2, 0) is 0 Å². The summed E-state index contributed by atoms with van der Waals surface area (Å²) in [6.07, 6.45) is 3.76. The second-order valence-electron chi connectivity index (χ2n) is 14.3. The van der Waals surface area contributed by atoms with E-state index in [0.717, 1.165) is 17.1 Å². The molecule has 0 bridgehead atoms.